The first-order valence-corrected chi connectivity index (χ1v) is 6.00. The predicted octanol–water partition coefficient (Wildman–Crippen LogP) is 3.00. The molecule has 0 saturated carbocycles. The number of benzene rings is 1. The molecule has 0 aliphatic heterocycles. The maximum absolute atomic E-state index is 12.0. The van der Waals surface area contributed by atoms with Gasteiger partial charge in [0, 0.05) is 0 Å². The normalized spacial score (nSPS) is 11.6. The minimum absolute atomic E-state index is 0.256. The number of aryl methyl sites for hydroxylation is 2. The quantitative estimate of drug-likeness (QED) is 0.854. The van der Waals surface area contributed by atoms with E-state index in [9.17, 15) is 4.79 Å². The lowest BCUT2D eigenvalue weighted by Gasteiger charge is -2.17. The van der Waals surface area contributed by atoms with Crippen LogP contribution in [0, 0.1) is 26.2 Å². The van der Waals surface area contributed by atoms with E-state index in [1.807, 2.05) is 32.0 Å². The molecule has 0 saturated heterocycles. The van der Waals surface area contributed by atoms with Crippen molar-refractivity contribution in [2.75, 3.05) is 0 Å². The van der Waals surface area contributed by atoms with Crippen molar-refractivity contribution in [3.05, 3.63) is 59.0 Å². The van der Waals surface area contributed by atoms with Gasteiger partial charge in [-0.15, -0.1) is 6.42 Å². The van der Waals surface area contributed by atoms with Gasteiger partial charge in [-0.05, 0) is 42.7 Å². The Morgan fingerprint density at radius 3 is 2.47 bits per heavy atom. The van der Waals surface area contributed by atoms with Crippen molar-refractivity contribution in [3.8, 4) is 12.3 Å². The first-order valence-electron chi connectivity index (χ1n) is 6.00. The van der Waals surface area contributed by atoms with E-state index in [4.69, 9.17) is 10.8 Å². The van der Waals surface area contributed by atoms with E-state index in [1.165, 1.54) is 6.26 Å². The molecular formula is C16H15NO2. The van der Waals surface area contributed by atoms with Crippen molar-refractivity contribution < 1.29 is 9.21 Å². The fourth-order valence-corrected chi connectivity index (χ4v) is 2.09. The molecule has 1 aromatic carbocycles. The van der Waals surface area contributed by atoms with Gasteiger partial charge in [0.2, 0.25) is 0 Å². The minimum Gasteiger partial charge on any atom is -0.459 e. The van der Waals surface area contributed by atoms with Crippen molar-refractivity contribution in [1.82, 2.24) is 5.32 Å². The largest absolute Gasteiger partial charge is 0.459 e. The molecule has 0 aliphatic rings. The molecule has 1 N–H and O–H groups in total. The summed E-state index contributed by atoms with van der Waals surface area (Å²) >= 11 is 0. The lowest BCUT2D eigenvalue weighted by Crippen LogP contribution is -2.28. The molecule has 1 aromatic heterocycles. The molecule has 3 nitrogen and oxygen atoms in total. The highest BCUT2D eigenvalue weighted by atomic mass is 16.3. The molecule has 0 aliphatic carbocycles. The summed E-state index contributed by atoms with van der Waals surface area (Å²) in [5, 5.41) is 2.80. The Kier molecular flexibility index (Phi) is 3.72. The Labute approximate surface area is 112 Å². The first-order chi connectivity index (χ1) is 9.13. The summed E-state index contributed by atoms with van der Waals surface area (Å²) in [5.41, 5.74) is 3.08. The monoisotopic (exact) mass is 253 g/mol. The highest BCUT2D eigenvalue weighted by Crippen LogP contribution is 2.21. The van der Waals surface area contributed by atoms with Gasteiger partial charge < -0.3 is 9.73 Å². The molecule has 0 bridgehead atoms. The Balaban J connectivity index is 2.27. The van der Waals surface area contributed by atoms with Crippen LogP contribution in [0.2, 0.25) is 0 Å². The number of hydrogen-bond acceptors (Lipinski definition) is 2. The number of carbonyl (C=O) groups excluding carboxylic acids is 1. The molecule has 19 heavy (non-hydrogen) atoms. The summed E-state index contributed by atoms with van der Waals surface area (Å²) in [5.74, 6) is 2.57. The van der Waals surface area contributed by atoms with Gasteiger partial charge in [0.05, 0.1) is 6.26 Å². The van der Waals surface area contributed by atoms with Crippen LogP contribution in [-0.2, 0) is 0 Å². The predicted molar refractivity (Wildman–Crippen MR) is 73.7 cm³/mol. The fourth-order valence-electron chi connectivity index (χ4n) is 2.09. The summed E-state index contributed by atoms with van der Waals surface area (Å²) in [6.45, 7) is 3.96. The van der Waals surface area contributed by atoms with E-state index in [-0.39, 0.29) is 11.7 Å². The summed E-state index contributed by atoms with van der Waals surface area (Å²) in [7, 11) is 0. The second-order valence-corrected chi connectivity index (χ2v) is 4.36. The van der Waals surface area contributed by atoms with E-state index in [1.54, 1.807) is 12.1 Å². The lowest BCUT2D eigenvalue weighted by molar-refractivity contribution is 0.0917. The van der Waals surface area contributed by atoms with E-state index in [0.717, 1.165) is 16.7 Å². The minimum atomic E-state index is -0.459. The van der Waals surface area contributed by atoms with E-state index < -0.39 is 6.04 Å². The van der Waals surface area contributed by atoms with Gasteiger partial charge in [-0.25, -0.2) is 0 Å². The molecular weight excluding hydrogens is 238 g/mol. The lowest BCUT2D eigenvalue weighted by atomic mass is 9.96. The zero-order valence-corrected chi connectivity index (χ0v) is 10.9. The Morgan fingerprint density at radius 2 is 1.95 bits per heavy atom. The number of terminal acetylenes is 1. The Bertz CT molecular complexity index is 600. The van der Waals surface area contributed by atoms with Crippen LogP contribution in [0.15, 0.2) is 41.0 Å². The molecule has 1 atom stereocenters. The SMILES string of the molecule is C#CC(NC(=O)c1ccco1)c1c(C)cccc1C. The van der Waals surface area contributed by atoms with Crippen molar-refractivity contribution in [2.45, 2.75) is 19.9 Å². The van der Waals surface area contributed by atoms with Crippen LogP contribution >= 0.6 is 0 Å². The average Bonchev–Trinajstić information content (AvgIpc) is 2.91. The molecule has 2 aromatic rings. The van der Waals surface area contributed by atoms with Gasteiger partial charge in [-0.3, -0.25) is 4.79 Å². The highest BCUT2D eigenvalue weighted by molar-refractivity contribution is 5.92. The van der Waals surface area contributed by atoms with Gasteiger partial charge in [0.1, 0.15) is 6.04 Å². The number of nitrogens with one attached hydrogen (secondary N) is 1. The number of carbonyl (C=O) groups is 1. The molecule has 0 radical (unpaired) electrons. The summed E-state index contributed by atoms with van der Waals surface area (Å²) in [6, 6.07) is 8.73. The van der Waals surface area contributed by atoms with Gasteiger partial charge in [0.25, 0.3) is 5.91 Å². The third-order valence-electron chi connectivity index (χ3n) is 3.02. The standard InChI is InChI=1S/C16H15NO2/c1-4-13(15-11(2)7-5-8-12(15)3)17-16(18)14-9-6-10-19-14/h1,5-10,13H,2-3H3,(H,17,18). The summed E-state index contributed by atoms with van der Waals surface area (Å²) in [4.78, 5) is 12.0. The molecule has 0 spiro atoms. The second-order valence-electron chi connectivity index (χ2n) is 4.36. The third kappa shape index (κ3) is 2.69. The van der Waals surface area contributed by atoms with E-state index in [2.05, 4.69) is 11.2 Å². The van der Waals surface area contributed by atoms with E-state index in [0.29, 0.717) is 0 Å². The van der Waals surface area contributed by atoms with Crippen molar-refractivity contribution in [1.29, 1.82) is 0 Å². The molecule has 2 rings (SSSR count). The van der Waals surface area contributed by atoms with Crippen LogP contribution in [0.1, 0.15) is 33.3 Å². The van der Waals surface area contributed by atoms with Gasteiger partial charge in [0.15, 0.2) is 5.76 Å². The molecule has 1 heterocycles. The Hall–Kier alpha value is -2.47. The van der Waals surface area contributed by atoms with Crippen LogP contribution in [0.25, 0.3) is 0 Å². The Morgan fingerprint density at radius 1 is 1.26 bits per heavy atom. The van der Waals surface area contributed by atoms with Crippen LogP contribution in [0.4, 0.5) is 0 Å². The summed E-state index contributed by atoms with van der Waals surface area (Å²) in [6.07, 6.45) is 7.01. The number of furan rings is 1. The molecule has 96 valence electrons. The molecule has 3 heteroatoms. The highest BCUT2D eigenvalue weighted by Gasteiger charge is 2.18. The summed E-state index contributed by atoms with van der Waals surface area (Å²) < 4.78 is 5.06. The van der Waals surface area contributed by atoms with Gasteiger partial charge in [-0.2, -0.15) is 0 Å². The topological polar surface area (TPSA) is 42.2 Å². The maximum Gasteiger partial charge on any atom is 0.288 e. The van der Waals surface area contributed by atoms with Crippen LogP contribution in [0.5, 0.6) is 0 Å². The second kappa shape index (κ2) is 5.45. The van der Waals surface area contributed by atoms with Crippen molar-refractivity contribution in [3.63, 3.8) is 0 Å². The average molecular weight is 253 g/mol. The smallest absolute Gasteiger partial charge is 0.288 e. The fraction of sp³-hybridized carbons (Fsp3) is 0.188. The molecule has 1 amide bonds. The maximum atomic E-state index is 12.0. The number of rotatable bonds is 3. The van der Waals surface area contributed by atoms with E-state index >= 15 is 0 Å². The van der Waals surface area contributed by atoms with Crippen LogP contribution in [-0.4, -0.2) is 5.91 Å². The van der Waals surface area contributed by atoms with Crippen LogP contribution < -0.4 is 5.32 Å². The first kappa shape index (κ1) is 13.0. The van der Waals surface area contributed by atoms with Crippen LogP contribution in [0.3, 0.4) is 0 Å². The van der Waals surface area contributed by atoms with Crippen molar-refractivity contribution >= 4 is 5.91 Å². The molecule has 0 fully saturated rings. The van der Waals surface area contributed by atoms with Gasteiger partial charge >= 0.3 is 0 Å². The third-order valence-corrected chi connectivity index (χ3v) is 3.02. The zero-order valence-electron chi connectivity index (χ0n) is 10.9. The zero-order chi connectivity index (χ0) is 13.8. The number of hydrogen-bond donors (Lipinski definition) is 1. The molecule has 1 unspecified atom stereocenters. The van der Waals surface area contributed by atoms with Crippen molar-refractivity contribution in [2.24, 2.45) is 0 Å². The van der Waals surface area contributed by atoms with Gasteiger partial charge in [-0.1, -0.05) is 24.1 Å². The number of amides is 1.